The number of carbonyl (C=O) groups is 1. The maximum Gasteiger partial charge on any atom is 0.296 e. The van der Waals surface area contributed by atoms with Crippen molar-refractivity contribution in [3.63, 3.8) is 0 Å². The molecule has 2 aromatic rings. The highest BCUT2D eigenvalue weighted by Crippen LogP contribution is 2.28. The van der Waals surface area contributed by atoms with Gasteiger partial charge in [0.25, 0.3) is 5.69 Å². The van der Waals surface area contributed by atoms with Crippen LogP contribution in [0.4, 0.5) is 11.4 Å². The van der Waals surface area contributed by atoms with Crippen LogP contribution in [0.15, 0.2) is 35.3 Å². The summed E-state index contributed by atoms with van der Waals surface area (Å²) in [6.45, 7) is 2.32. The van der Waals surface area contributed by atoms with Crippen LogP contribution < -0.4 is 20.2 Å². The quantitative estimate of drug-likeness (QED) is 0.440. The highest BCUT2D eigenvalue weighted by molar-refractivity contribution is 7.84. The third kappa shape index (κ3) is 6.42. The van der Waals surface area contributed by atoms with Crippen LogP contribution in [0.25, 0.3) is 0 Å². The lowest BCUT2D eigenvalue weighted by atomic mass is 10.2. The summed E-state index contributed by atoms with van der Waals surface area (Å²) < 4.78 is 22.5. The van der Waals surface area contributed by atoms with Gasteiger partial charge in [-0.2, -0.15) is 0 Å². The molecule has 2 N–H and O–H groups in total. The van der Waals surface area contributed by atoms with E-state index in [-0.39, 0.29) is 39.8 Å². The Morgan fingerprint density at radius 1 is 1.34 bits per heavy atom. The molecule has 0 radical (unpaired) electrons. The maximum absolute atomic E-state index is 12.2. The molecule has 29 heavy (non-hydrogen) atoms. The molecule has 0 aliphatic carbocycles. The van der Waals surface area contributed by atoms with E-state index < -0.39 is 21.6 Å². The van der Waals surface area contributed by atoms with Crippen molar-refractivity contribution in [2.45, 2.75) is 19.1 Å². The van der Waals surface area contributed by atoms with E-state index in [9.17, 15) is 23.9 Å². The van der Waals surface area contributed by atoms with Gasteiger partial charge in [0.2, 0.25) is 11.3 Å². The van der Waals surface area contributed by atoms with Crippen molar-refractivity contribution in [2.75, 3.05) is 24.8 Å². The molecule has 0 bridgehead atoms. The molecule has 0 fully saturated rings. The van der Waals surface area contributed by atoms with E-state index in [0.717, 1.165) is 6.42 Å². The van der Waals surface area contributed by atoms with Crippen LogP contribution in [0.2, 0.25) is 0 Å². The minimum atomic E-state index is -1.64. The zero-order valence-electron chi connectivity index (χ0n) is 15.9. The Bertz CT molecular complexity index is 974. The van der Waals surface area contributed by atoms with E-state index >= 15 is 0 Å². The molecule has 0 spiro atoms. The number of nitrogens with one attached hydrogen (secondary N) is 2. The van der Waals surface area contributed by atoms with Crippen LogP contribution in [0.3, 0.4) is 0 Å². The molecule has 10 nitrogen and oxygen atoms in total. The number of nitrogens with zero attached hydrogens (tertiary/aromatic N) is 1. The Morgan fingerprint density at radius 2 is 2.10 bits per heavy atom. The number of nitro groups is 1. The molecular formula is C18H21N3O7S. The van der Waals surface area contributed by atoms with Gasteiger partial charge < -0.3 is 19.8 Å². The number of aromatic nitrogens is 1. The molecule has 1 heterocycles. The Labute approximate surface area is 168 Å². The third-order valence-corrected chi connectivity index (χ3v) is 4.90. The highest BCUT2D eigenvalue weighted by atomic mass is 32.2. The van der Waals surface area contributed by atoms with Gasteiger partial charge in [-0.25, -0.2) is 0 Å². The number of aromatic amines is 1. The summed E-state index contributed by atoms with van der Waals surface area (Å²) in [6, 6.07) is 5.26. The van der Waals surface area contributed by atoms with Crippen LogP contribution in [-0.4, -0.2) is 39.5 Å². The smallest absolute Gasteiger partial charge is 0.296 e. The lowest BCUT2D eigenvalue weighted by Gasteiger charge is -2.08. The number of hydrogen-bond donors (Lipinski definition) is 2. The Hall–Kier alpha value is -3.21. The van der Waals surface area contributed by atoms with Gasteiger partial charge in [0.1, 0.15) is 17.2 Å². The fourth-order valence-corrected chi connectivity index (χ4v) is 3.34. The SMILES string of the molecule is CCCOc1c[nH]c(CS(=O)CC(=O)Nc2ccc(OC)cc2[N+](=O)[O-])cc1=O. The lowest BCUT2D eigenvalue weighted by molar-refractivity contribution is -0.384. The summed E-state index contributed by atoms with van der Waals surface area (Å²) in [6.07, 6.45) is 2.15. The van der Waals surface area contributed by atoms with Gasteiger partial charge in [0.15, 0.2) is 5.75 Å². The number of pyridine rings is 1. The summed E-state index contributed by atoms with van der Waals surface area (Å²) in [7, 11) is -0.268. The molecule has 1 atom stereocenters. The first kappa shape index (κ1) is 22.1. The summed E-state index contributed by atoms with van der Waals surface area (Å²) in [5.41, 5.74) is -0.318. The molecular weight excluding hydrogens is 402 g/mol. The average Bonchev–Trinajstić information content (AvgIpc) is 2.67. The van der Waals surface area contributed by atoms with E-state index in [4.69, 9.17) is 9.47 Å². The van der Waals surface area contributed by atoms with Crippen molar-refractivity contribution < 1.29 is 23.4 Å². The molecule has 1 amide bonds. The van der Waals surface area contributed by atoms with Gasteiger partial charge in [-0.05, 0) is 18.6 Å². The Kier molecular flexibility index (Phi) is 7.89. The minimum Gasteiger partial charge on any atom is -0.496 e. The summed E-state index contributed by atoms with van der Waals surface area (Å²) in [5, 5.41) is 13.5. The summed E-state index contributed by atoms with van der Waals surface area (Å²) in [5.74, 6) is -0.651. The van der Waals surface area contributed by atoms with Gasteiger partial charge >= 0.3 is 0 Å². The third-order valence-electron chi connectivity index (χ3n) is 3.68. The first-order chi connectivity index (χ1) is 13.8. The predicted molar refractivity (Wildman–Crippen MR) is 108 cm³/mol. The second-order valence-electron chi connectivity index (χ2n) is 5.95. The Morgan fingerprint density at radius 3 is 2.72 bits per heavy atom. The molecule has 0 aliphatic rings. The topological polar surface area (TPSA) is 141 Å². The second-order valence-corrected chi connectivity index (χ2v) is 7.41. The standard InChI is InChI=1S/C18H21N3O7S/c1-3-6-28-17-9-19-12(7-16(17)22)10-29(26)11-18(23)20-14-5-4-13(27-2)8-15(14)21(24)25/h4-5,7-9H,3,6,10-11H2,1-2H3,(H,19,22)(H,20,23). The number of benzene rings is 1. The van der Waals surface area contributed by atoms with Crippen LogP contribution in [0.5, 0.6) is 11.5 Å². The summed E-state index contributed by atoms with van der Waals surface area (Å²) in [4.78, 5) is 37.4. The van der Waals surface area contributed by atoms with E-state index in [0.29, 0.717) is 12.3 Å². The van der Waals surface area contributed by atoms with Crippen molar-refractivity contribution in [2.24, 2.45) is 0 Å². The lowest BCUT2D eigenvalue weighted by Crippen LogP contribution is -2.21. The number of amides is 1. The van der Waals surface area contributed by atoms with Gasteiger partial charge in [-0.1, -0.05) is 6.92 Å². The van der Waals surface area contributed by atoms with Crippen LogP contribution in [-0.2, 0) is 21.3 Å². The molecule has 1 unspecified atom stereocenters. The first-order valence-electron chi connectivity index (χ1n) is 8.65. The summed E-state index contributed by atoms with van der Waals surface area (Å²) >= 11 is 0. The molecule has 156 valence electrons. The molecule has 0 saturated heterocycles. The second kappa shape index (κ2) is 10.4. The molecule has 0 aliphatic heterocycles. The van der Waals surface area contributed by atoms with Crippen molar-refractivity contribution >= 4 is 28.1 Å². The van der Waals surface area contributed by atoms with Crippen LogP contribution >= 0.6 is 0 Å². The Balaban J connectivity index is 1.99. The van der Waals surface area contributed by atoms with Gasteiger partial charge in [0.05, 0.1) is 30.5 Å². The van der Waals surface area contributed by atoms with E-state index in [1.807, 2.05) is 6.92 Å². The van der Waals surface area contributed by atoms with Crippen molar-refractivity contribution in [3.8, 4) is 11.5 Å². The van der Waals surface area contributed by atoms with Gasteiger partial charge in [-0.3, -0.25) is 23.9 Å². The predicted octanol–water partition coefficient (Wildman–Crippen LogP) is 1.97. The van der Waals surface area contributed by atoms with E-state index in [1.54, 1.807) is 0 Å². The van der Waals surface area contributed by atoms with E-state index in [1.165, 1.54) is 37.6 Å². The van der Waals surface area contributed by atoms with Crippen molar-refractivity contribution in [1.29, 1.82) is 0 Å². The van der Waals surface area contributed by atoms with Crippen molar-refractivity contribution in [3.05, 3.63) is 56.5 Å². The zero-order chi connectivity index (χ0) is 21.4. The number of nitro benzene ring substituents is 1. The molecule has 1 aromatic heterocycles. The molecule has 0 saturated carbocycles. The fraction of sp³-hybridized carbons (Fsp3) is 0.333. The fourth-order valence-electron chi connectivity index (χ4n) is 2.36. The van der Waals surface area contributed by atoms with E-state index in [2.05, 4.69) is 10.3 Å². The minimum absolute atomic E-state index is 0.0244. The first-order valence-corrected chi connectivity index (χ1v) is 10.1. The number of H-pyrrole nitrogens is 1. The molecule has 2 rings (SSSR count). The maximum atomic E-state index is 12.2. The normalized spacial score (nSPS) is 11.5. The van der Waals surface area contributed by atoms with Crippen molar-refractivity contribution in [1.82, 2.24) is 4.98 Å². The number of ether oxygens (including phenoxy) is 2. The number of hydrogen-bond acceptors (Lipinski definition) is 7. The zero-order valence-corrected chi connectivity index (χ0v) is 16.7. The van der Waals surface area contributed by atoms with Crippen LogP contribution in [0.1, 0.15) is 19.0 Å². The van der Waals surface area contributed by atoms with Gasteiger partial charge in [-0.15, -0.1) is 0 Å². The number of methoxy groups -OCH3 is 1. The number of carbonyl (C=O) groups excluding carboxylic acids is 1. The number of rotatable bonds is 10. The largest absolute Gasteiger partial charge is 0.496 e. The van der Waals surface area contributed by atoms with Gasteiger partial charge in [0, 0.05) is 28.8 Å². The van der Waals surface area contributed by atoms with Crippen LogP contribution in [0, 0.1) is 10.1 Å². The monoisotopic (exact) mass is 423 g/mol. The highest BCUT2D eigenvalue weighted by Gasteiger charge is 2.18. The molecule has 1 aromatic carbocycles. The number of anilines is 1. The average molecular weight is 423 g/mol. The molecule has 11 heteroatoms.